The van der Waals surface area contributed by atoms with Gasteiger partial charge in [0.25, 0.3) is 0 Å². The van der Waals surface area contributed by atoms with E-state index >= 15 is 0 Å². The number of hydrogen-bond donors (Lipinski definition) is 1. The van der Waals surface area contributed by atoms with E-state index in [1.165, 1.54) is 36.8 Å². The third-order valence-electron chi connectivity index (χ3n) is 4.86. The van der Waals surface area contributed by atoms with Gasteiger partial charge in [0.1, 0.15) is 0 Å². The lowest BCUT2D eigenvalue weighted by atomic mass is 9.89. The highest BCUT2D eigenvalue weighted by molar-refractivity contribution is 7.89. The Hall–Kier alpha value is -2.45. The van der Waals surface area contributed by atoms with Gasteiger partial charge in [0.05, 0.1) is 16.9 Å². The van der Waals surface area contributed by atoms with Crippen LogP contribution in [-0.2, 0) is 22.9 Å². The summed E-state index contributed by atoms with van der Waals surface area (Å²) < 4.78 is 32.9. The SMILES string of the molecule is COc1ccc(S(=O)(=O)NC(C)c2ccc3c(c2)CCCC3)cc1[N+](=O)[O-]. The summed E-state index contributed by atoms with van der Waals surface area (Å²) in [5.41, 5.74) is 3.08. The van der Waals surface area contributed by atoms with E-state index in [2.05, 4.69) is 16.9 Å². The summed E-state index contributed by atoms with van der Waals surface area (Å²) in [4.78, 5) is 10.3. The molecule has 1 unspecified atom stereocenters. The molecule has 0 saturated carbocycles. The van der Waals surface area contributed by atoms with Gasteiger partial charge in [0.2, 0.25) is 10.0 Å². The van der Waals surface area contributed by atoms with Crippen LogP contribution in [0.2, 0.25) is 0 Å². The molecule has 1 aliphatic rings. The molecule has 0 fully saturated rings. The number of sulfonamides is 1. The minimum atomic E-state index is -3.92. The van der Waals surface area contributed by atoms with Gasteiger partial charge in [-0.2, -0.15) is 0 Å². The van der Waals surface area contributed by atoms with E-state index in [0.717, 1.165) is 30.9 Å². The van der Waals surface area contributed by atoms with Crippen molar-refractivity contribution in [2.45, 2.75) is 43.5 Å². The number of methoxy groups -OCH3 is 1. The first-order chi connectivity index (χ1) is 12.8. The summed E-state index contributed by atoms with van der Waals surface area (Å²) in [5.74, 6) is 0.0154. The Kier molecular flexibility index (Phi) is 5.48. The maximum atomic E-state index is 12.7. The maximum Gasteiger partial charge on any atom is 0.312 e. The predicted molar refractivity (Wildman–Crippen MR) is 101 cm³/mol. The van der Waals surface area contributed by atoms with Crippen molar-refractivity contribution in [1.82, 2.24) is 4.72 Å². The number of nitro benzene ring substituents is 1. The second-order valence-electron chi connectivity index (χ2n) is 6.67. The summed E-state index contributed by atoms with van der Waals surface area (Å²) in [7, 11) is -2.62. The smallest absolute Gasteiger partial charge is 0.312 e. The molecule has 3 rings (SSSR count). The zero-order chi connectivity index (χ0) is 19.6. The van der Waals surface area contributed by atoms with E-state index in [1.807, 2.05) is 6.07 Å². The molecule has 0 amide bonds. The zero-order valence-electron chi connectivity index (χ0n) is 15.3. The molecule has 2 aromatic carbocycles. The number of rotatable bonds is 6. The molecule has 1 atom stereocenters. The molecule has 27 heavy (non-hydrogen) atoms. The van der Waals surface area contributed by atoms with Gasteiger partial charge in [-0.1, -0.05) is 18.2 Å². The van der Waals surface area contributed by atoms with Crippen LogP contribution in [-0.4, -0.2) is 20.5 Å². The number of benzene rings is 2. The van der Waals surface area contributed by atoms with Crippen molar-refractivity contribution in [2.24, 2.45) is 0 Å². The van der Waals surface area contributed by atoms with Crippen molar-refractivity contribution in [3.05, 3.63) is 63.2 Å². The number of nitro groups is 1. The van der Waals surface area contributed by atoms with Crippen LogP contribution in [0.4, 0.5) is 5.69 Å². The molecule has 1 N–H and O–H groups in total. The average molecular weight is 390 g/mol. The molecule has 0 aromatic heterocycles. The first kappa shape index (κ1) is 19.3. The lowest BCUT2D eigenvalue weighted by molar-refractivity contribution is -0.386. The van der Waals surface area contributed by atoms with Crippen molar-refractivity contribution >= 4 is 15.7 Å². The second-order valence-corrected chi connectivity index (χ2v) is 8.38. The fourth-order valence-electron chi connectivity index (χ4n) is 3.37. The van der Waals surface area contributed by atoms with Crippen LogP contribution < -0.4 is 9.46 Å². The molecular formula is C19H22N2O5S. The van der Waals surface area contributed by atoms with Crippen molar-refractivity contribution in [2.75, 3.05) is 7.11 Å². The highest BCUT2D eigenvalue weighted by atomic mass is 32.2. The zero-order valence-corrected chi connectivity index (χ0v) is 16.1. The van der Waals surface area contributed by atoms with Gasteiger partial charge >= 0.3 is 5.69 Å². The van der Waals surface area contributed by atoms with Gasteiger partial charge in [0, 0.05) is 12.1 Å². The maximum absolute atomic E-state index is 12.7. The minimum absolute atomic E-state index is 0.0154. The first-order valence-electron chi connectivity index (χ1n) is 8.78. The van der Waals surface area contributed by atoms with E-state index in [0.29, 0.717) is 0 Å². The van der Waals surface area contributed by atoms with Gasteiger partial charge in [-0.25, -0.2) is 13.1 Å². The number of nitrogens with one attached hydrogen (secondary N) is 1. The normalized spacial score (nSPS) is 15.0. The third kappa shape index (κ3) is 4.12. The monoisotopic (exact) mass is 390 g/mol. The molecule has 0 radical (unpaired) electrons. The molecule has 0 saturated heterocycles. The van der Waals surface area contributed by atoms with E-state index < -0.39 is 21.0 Å². The highest BCUT2D eigenvalue weighted by Gasteiger charge is 2.24. The summed E-state index contributed by atoms with van der Waals surface area (Å²) >= 11 is 0. The Morgan fingerprint density at radius 1 is 1.11 bits per heavy atom. The Balaban J connectivity index is 1.86. The summed E-state index contributed by atoms with van der Waals surface area (Å²) in [6.07, 6.45) is 4.40. The summed E-state index contributed by atoms with van der Waals surface area (Å²) in [6.45, 7) is 1.76. The third-order valence-corrected chi connectivity index (χ3v) is 6.40. The topological polar surface area (TPSA) is 98.5 Å². The molecule has 0 spiro atoms. The quantitative estimate of drug-likeness (QED) is 0.601. The summed E-state index contributed by atoms with van der Waals surface area (Å²) in [6, 6.07) is 9.20. The Labute approximate surface area is 158 Å². The van der Waals surface area contributed by atoms with E-state index in [1.54, 1.807) is 6.92 Å². The lowest BCUT2D eigenvalue weighted by Gasteiger charge is -2.20. The predicted octanol–water partition coefficient (Wildman–Crippen LogP) is 3.52. The molecule has 0 bridgehead atoms. The Morgan fingerprint density at radius 2 is 1.81 bits per heavy atom. The number of aryl methyl sites for hydroxylation is 2. The molecule has 1 aliphatic carbocycles. The fraction of sp³-hybridized carbons (Fsp3) is 0.368. The van der Waals surface area contributed by atoms with Crippen molar-refractivity contribution in [1.29, 1.82) is 0 Å². The lowest BCUT2D eigenvalue weighted by Crippen LogP contribution is -2.27. The number of ether oxygens (including phenoxy) is 1. The van der Waals surface area contributed by atoms with Crippen LogP contribution in [0.5, 0.6) is 5.75 Å². The van der Waals surface area contributed by atoms with Crippen LogP contribution >= 0.6 is 0 Å². The molecule has 144 valence electrons. The molecule has 2 aromatic rings. The van der Waals surface area contributed by atoms with Gasteiger partial charge in [-0.15, -0.1) is 0 Å². The van der Waals surface area contributed by atoms with Gasteiger partial charge in [0.15, 0.2) is 5.75 Å². The number of nitrogens with zero attached hydrogens (tertiary/aromatic N) is 1. The largest absolute Gasteiger partial charge is 0.490 e. The van der Waals surface area contributed by atoms with Crippen LogP contribution in [0.3, 0.4) is 0 Å². The van der Waals surface area contributed by atoms with Crippen molar-refractivity contribution in [3.63, 3.8) is 0 Å². The van der Waals surface area contributed by atoms with E-state index in [4.69, 9.17) is 4.74 Å². The second kappa shape index (κ2) is 7.66. The van der Waals surface area contributed by atoms with Gasteiger partial charge in [-0.3, -0.25) is 10.1 Å². The van der Waals surface area contributed by atoms with Crippen LogP contribution in [0.15, 0.2) is 41.3 Å². The fourth-order valence-corrected chi connectivity index (χ4v) is 4.62. The van der Waals surface area contributed by atoms with E-state index in [9.17, 15) is 18.5 Å². The summed E-state index contributed by atoms with van der Waals surface area (Å²) in [5, 5.41) is 11.2. The highest BCUT2D eigenvalue weighted by Crippen LogP contribution is 2.30. The van der Waals surface area contributed by atoms with Crippen molar-refractivity contribution in [3.8, 4) is 5.75 Å². The van der Waals surface area contributed by atoms with Gasteiger partial charge in [-0.05, 0) is 61.4 Å². The number of fused-ring (bicyclic) bond motifs is 1. The van der Waals surface area contributed by atoms with E-state index in [-0.39, 0.29) is 16.3 Å². The standard InChI is InChI=1S/C19H22N2O5S/c1-13(15-8-7-14-5-3-4-6-16(14)11-15)20-27(24,25)17-9-10-19(26-2)18(12-17)21(22)23/h7-13,20H,3-6H2,1-2H3. The number of hydrogen-bond acceptors (Lipinski definition) is 5. The molecule has 7 nitrogen and oxygen atoms in total. The molecule has 0 heterocycles. The Morgan fingerprint density at radius 3 is 2.48 bits per heavy atom. The van der Waals surface area contributed by atoms with Gasteiger partial charge < -0.3 is 4.74 Å². The minimum Gasteiger partial charge on any atom is -0.490 e. The molecule has 0 aliphatic heterocycles. The average Bonchev–Trinajstić information content (AvgIpc) is 2.66. The van der Waals surface area contributed by atoms with Crippen LogP contribution in [0, 0.1) is 10.1 Å². The Bertz CT molecular complexity index is 972. The first-order valence-corrected chi connectivity index (χ1v) is 10.3. The van der Waals surface area contributed by atoms with Crippen LogP contribution in [0.25, 0.3) is 0 Å². The van der Waals surface area contributed by atoms with Crippen molar-refractivity contribution < 1.29 is 18.1 Å². The molecular weight excluding hydrogens is 368 g/mol. The molecule has 8 heteroatoms. The van der Waals surface area contributed by atoms with Crippen LogP contribution in [0.1, 0.15) is 42.5 Å².